The lowest BCUT2D eigenvalue weighted by Crippen LogP contribution is -2.54. The Morgan fingerprint density at radius 2 is 2.00 bits per heavy atom. The predicted molar refractivity (Wildman–Crippen MR) is 74.6 cm³/mol. The topological polar surface area (TPSA) is 32.3 Å². The number of carbonyl (C=O) groups is 1. The van der Waals surface area contributed by atoms with Crippen molar-refractivity contribution in [2.24, 2.45) is 5.41 Å². The first-order chi connectivity index (χ1) is 7.31. The van der Waals surface area contributed by atoms with Crippen molar-refractivity contribution in [2.75, 3.05) is 20.1 Å². The van der Waals surface area contributed by atoms with Crippen LogP contribution in [0, 0.1) is 5.41 Å². The Kier molecular flexibility index (Phi) is 5.95. The third-order valence-corrected chi connectivity index (χ3v) is 3.31. The van der Waals surface area contributed by atoms with Crippen LogP contribution in [-0.2, 0) is 4.79 Å². The normalized spacial score (nSPS) is 24.3. The first-order valence-corrected chi connectivity index (χ1v) is 6.31. The lowest BCUT2D eigenvalue weighted by atomic mass is 9.90. The smallest absolute Gasteiger partial charge is 0.242 e. The molecule has 17 heavy (non-hydrogen) atoms. The highest BCUT2D eigenvalue weighted by Gasteiger charge is 2.41. The highest BCUT2D eigenvalue weighted by molar-refractivity contribution is 5.86. The molecule has 0 aromatic heterocycles. The third kappa shape index (κ3) is 4.14. The van der Waals surface area contributed by atoms with Crippen molar-refractivity contribution in [3.63, 3.8) is 0 Å². The SMILES string of the molecule is CCC1(C(=O)N(C)CC(C)(C)C)CCCN1.Cl. The van der Waals surface area contributed by atoms with Gasteiger partial charge in [0.05, 0.1) is 5.54 Å². The van der Waals surface area contributed by atoms with Gasteiger partial charge in [-0.1, -0.05) is 27.7 Å². The summed E-state index contributed by atoms with van der Waals surface area (Å²) in [6.45, 7) is 10.4. The Balaban J connectivity index is 0.00000256. The maximum atomic E-state index is 12.4. The third-order valence-electron chi connectivity index (χ3n) is 3.31. The molecule has 102 valence electrons. The lowest BCUT2D eigenvalue weighted by Gasteiger charge is -2.35. The molecule has 1 N–H and O–H groups in total. The maximum Gasteiger partial charge on any atom is 0.242 e. The summed E-state index contributed by atoms with van der Waals surface area (Å²) >= 11 is 0. The molecule has 1 aliphatic heterocycles. The largest absolute Gasteiger partial charge is 0.344 e. The predicted octanol–water partition coefficient (Wildman–Crippen LogP) is 2.44. The first-order valence-electron chi connectivity index (χ1n) is 6.31. The number of nitrogens with one attached hydrogen (secondary N) is 1. The molecule has 0 aliphatic carbocycles. The number of nitrogens with zero attached hydrogens (tertiary/aromatic N) is 1. The van der Waals surface area contributed by atoms with Crippen LogP contribution in [0.25, 0.3) is 0 Å². The fraction of sp³-hybridized carbons (Fsp3) is 0.923. The fourth-order valence-electron chi connectivity index (χ4n) is 2.59. The van der Waals surface area contributed by atoms with E-state index >= 15 is 0 Å². The van der Waals surface area contributed by atoms with Gasteiger partial charge in [-0.25, -0.2) is 0 Å². The molecule has 1 unspecified atom stereocenters. The van der Waals surface area contributed by atoms with E-state index in [4.69, 9.17) is 0 Å². The first kappa shape index (κ1) is 16.7. The lowest BCUT2D eigenvalue weighted by molar-refractivity contribution is -0.137. The maximum absolute atomic E-state index is 12.4. The summed E-state index contributed by atoms with van der Waals surface area (Å²) in [5, 5.41) is 3.40. The summed E-state index contributed by atoms with van der Waals surface area (Å²) < 4.78 is 0. The van der Waals surface area contributed by atoms with Gasteiger partial charge in [0.1, 0.15) is 0 Å². The van der Waals surface area contributed by atoms with E-state index in [-0.39, 0.29) is 29.3 Å². The van der Waals surface area contributed by atoms with Crippen molar-refractivity contribution >= 4 is 18.3 Å². The average molecular weight is 263 g/mol. The van der Waals surface area contributed by atoms with Crippen molar-refractivity contribution < 1.29 is 4.79 Å². The van der Waals surface area contributed by atoms with Crippen LogP contribution in [0.4, 0.5) is 0 Å². The molecule has 0 radical (unpaired) electrons. The summed E-state index contributed by atoms with van der Waals surface area (Å²) in [6.07, 6.45) is 2.99. The molecule has 1 atom stereocenters. The minimum atomic E-state index is -0.278. The van der Waals surface area contributed by atoms with Gasteiger partial charge in [-0.05, 0) is 31.2 Å². The van der Waals surface area contributed by atoms with Gasteiger partial charge in [0.15, 0.2) is 0 Å². The molecule has 1 heterocycles. The van der Waals surface area contributed by atoms with Crippen LogP contribution < -0.4 is 5.32 Å². The molecule has 4 heteroatoms. The molecule has 1 fully saturated rings. The summed E-state index contributed by atoms with van der Waals surface area (Å²) in [5.74, 6) is 0.266. The minimum Gasteiger partial charge on any atom is -0.344 e. The molecule has 0 spiro atoms. The molecule has 0 saturated carbocycles. The Hall–Kier alpha value is -0.280. The minimum absolute atomic E-state index is 0. The van der Waals surface area contributed by atoms with Crippen molar-refractivity contribution in [2.45, 2.75) is 52.5 Å². The van der Waals surface area contributed by atoms with E-state index in [1.165, 1.54) is 0 Å². The molecule has 1 rings (SSSR count). The van der Waals surface area contributed by atoms with Crippen LogP contribution in [0.2, 0.25) is 0 Å². The molecule has 1 aliphatic rings. The van der Waals surface area contributed by atoms with Crippen LogP contribution in [0.3, 0.4) is 0 Å². The monoisotopic (exact) mass is 262 g/mol. The highest BCUT2D eigenvalue weighted by Crippen LogP contribution is 2.26. The van der Waals surface area contributed by atoms with Gasteiger partial charge in [-0.3, -0.25) is 4.79 Å². The van der Waals surface area contributed by atoms with E-state index in [1.807, 2.05) is 11.9 Å². The zero-order chi connectivity index (χ0) is 12.4. The van der Waals surface area contributed by atoms with E-state index in [0.29, 0.717) is 0 Å². The number of hydrogen-bond acceptors (Lipinski definition) is 2. The van der Waals surface area contributed by atoms with E-state index < -0.39 is 0 Å². The van der Waals surface area contributed by atoms with Crippen molar-refractivity contribution in [1.29, 1.82) is 0 Å². The number of likely N-dealkylation sites (N-methyl/N-ethyl adjacent to an activating group) is 1. The Morgan fingerprint density at radius 3 is 2.35 bits per heavy atom. The standard InChI is InChI=1S/C13H26N2O.ClH/c1-6-13(8-7-9-14-13)11(16)15(5)10-12(2,3)4;/h14H,6-10H2,1-5H3;1H. The van der Waals surface area contributed by atoms with E-state index in [0.717, 1.165) is 32.4 Å². The van der Waals surface area contributed by atoms with E-state index in [2.05, 4.69) is 33.0 Å². The van der Waals surface area contributed by atoms with Gasteiger partial charge >= 0.3 is 0 Å². The zero-order valence-corrected chi connectivity index (χ0v) is 12.6. The molecule has 0 bridgehead atoms. The summed E-state index contributed by atoms with van der Waals surface area (Å²) in [4.78, 5) is 14.3. The van der Waals surface area contributed by atoms with Crippen LogP contribution >= 0.6 is 12.4 Å². The molecular formula is C13H27ClN2O. The molecular weight excluding hydrogens is 236 g/mol. The quantitative estimate of drug-likeness (QED) is 0.847. The van der Waals surface area contributed by atoms with Crippen molar-refractivity contribution in [1.82, 2.24) is 10.2 Å². The van der Waals surface area contributed by atoms with Crippen LogP contribution in [-0.4, -0.2) is 36.5 Å². The summed E-state index contributed by atoms with van der Waals surface area (Å²) in [6, 6.07) is 0. The molecule has 3 nitrogen and oxygen atoms in total. The summed E-state index contributed by atoms with van der Waals surface area (Å²) in [7, 11) is 1.92. The van der Waals surface area contributed by atoms with Crippen LogP contribution in [0.15, 0.2) is 0 Å². The second kappa shape index (κ2) is 6.05. The molecule has 1 saturated heterocycles. The van der Waals surface area contributed by atoms with Gasteiger partial charge in [0.2, 0.25) is 5.91 Å². The number of amides is 1. The summed E-state index contributed by atoms with van der Waals surface area (Å²) in [5.41, 5.74) is -0.113. The Labute approximate surface area is 112 Å². The zero-order valence-electron chi connectivity index (χ0n) is 11.8. The van der Waals surface area contributed by atoms with Crippen molar-refractivity contribution in [3.8, 4) is 0 Å². The molecule has 0 aromatic rings. The van der Waals surface area contributed by atoms with Gasteiger partial charge in [0, 0.05) is 13.6 Å². The molecule has 0 aromatic carbocycles. The van der Waals surface area contributed by atoms with Gasteiger partial charge in [-0.15, -0.1) is 12.4 Å². The number of rotatable bonds is 3. The Bertz CT molecular complexity index is 255. The van der Waals surface area contributed by atoms with Gasteiger partial charge < -0.3 is 10.2 Å². The van der Waals surface area contributed by atoms with E-state index in [9.17, 15) is 4.79 Å². The van der Waals surface area contributed by atoms with Crippen molar-refractivity contribution in [3.05, 3.63) is 0 Å². The van der Waals surface area contributed by atoms with Gasteiger partial charge in [-0.2, -0.15) is 0 Å². The highest BCUT2D eigenvalue weighted by atomic mass is 35.5. The van der Waals surface area contributed by atoms with Crippen LogP contribution in [0.5, 0.6) is 0 Å². The second-order valence-corrected chi connectivity index (χ2v) is 6.19. The van der Waals surface area contributed by atoms with E-state index in [1.54, 1.807) is 0 Å². The number of hydrogen-bond donors (Lipinski definition) is 1. The van der Waals surface area contributed by atoms with Crippen LogP contribution in [0.1, 0.15) is 47.0 Å². The second-order valence-electron chi connectivity index (χ2n) is 6.19. The number of carbonyl (C=O) groups excluding carboxylic acids is 1. The molecule has 1 amide bonds. The average Bonchev–Trinajstić information content (AvgIpc) is 2.63. The Morgan fingerprint density at radius 1 is 1.41 bits per heavy atom. The van der Waals surface area contributed by atoms with Gasteiger partial charge in [0.25, 0.3) is 0 Å². The number of halogens is 1. The fourth-order valence-corrected chi connectivity index (χ4v) is 2.59.